The van der Waals surface area contributed by atoms with E-state index in [2.05, 4.69) is 0 Å². The number of carbonyl (C=O) groups is 1. The Kier molecular flexibility index (Phi) is 4.67. The van der Waals surface area contributed by atoms with E-state index in [1.165, 1.54) is 0 Å². The van der Waals surface area contributed by atoms with Gasteiger partial charge in [0.05, 0.1) is 6.61 Å². The van der Waals surface area contributed by atoms with Gasteiger partial charge >= 0.3 is 5.97 Å². The summed E-state index contributed by atoms with van der Waals surface area (Å²) in [5.41, 5.74) is 3.84. The number of allylic oxidation sites excluding steroid dienone is 1. The van der Waals surface area contributed by atoms with Gasteiger partial charge in [-0.15, -0.1) is 0 Å². The number of benzene rings is 1. The molecule has 0 saturated heterocycles. The molecule has 3 heteroatoms. The molecule has 0 amide bonds. The molecule has 0 bridgehead atoms. The standard InChI is InChI=1S/C15H17NO2/c1-5-18-15(17)14(9-16)12(4)13-7-6-10(2)8-11(13)3/h6-8H,5H2,1-4H3/b14-12-. The van der Waals surface area contributed by atoms with Crippen molar-refractivity contribution in [3.8, 4) is 6.07 Å². The zero-order chi connectivity index (χ0) is 13.7. The Morgan fingerprint density at radius 2 is 2.06 bits per heavy atom. The summed E-state index contributed by atoms with van der Waals surface area (Å²) in [4.78, 5) is 11.7. The second kappa shape index (κ2) is 6.02. The van der Waals surface area contributed by atoms with Crippen LogP contribution in [0.5, 0.6) is 0 Å². The lowest BCUT2D eigenvalue weighted by molar-refractivity contribution is -0.137. The smallest absolute Gasteiger partial charge is 0.349 e. The summed E-state index contributed by atoms with van der Waals surface area (Å²) >= 11 is 0. The molecule has 0 atom stereocenters. The molecule has 1 aromatic rings. The van der Waals surface area contributed by atoms with Crippen LogP contribution in [0.2, 0.25) is 0 Å². The summed E-state index contributed by atoms with van der Waals surface area (Å²) in [5, 5.41) is 9.09. The van der Waals surface area contributed by atoms with Gasteiger partial charge in [0.1, 0.15) is 11.6 Å². The van der Waals surface area contributed by atoms with Crippen molar-refractivity contribution in [1.82, 2.24) is 0 Å². The fraction of sp³-hybridized carbons (Fsp3) is 0.333. The number of nitrogens with zero attached hydrogens (tertiary/aromatic N) is 1. The van der Waals surface area contributed by atoms with Gasteiger partial charge in [-0.3, -0.25) is 0 Å². The Morgan fingerprint density at radius 1 is 1.39 bits per heavy atom. The molecule has 0 aromatic heterocycles. The van der Waals surface area contributed by atoms with Crippen LogP contribution in [0.15, 0.2) is 23.8 Å². The molecule has 0 aliphatic carbocycles. The van der Waals surface area contributed by atoms with Crippen molar-refractivity contribution < 1.29 is 9.53 Å². The molecule has 0 radical (unpaired) electrons. The number of carbonyl (C=O) groups excluding carboxylic acids is 1. The molecule has 0 spiro atoms. The molecule has 18 heavy (non-hydrogen) atoms. The minimum absolute atomic E-state index is 0.0730. The maximum Gasteiger partial charge on any atom is 0.349 e. The SMILES string of the molecule is CCOC(=O)/C(C#N)=C(/C)c1ccc(C)cc1C. The lowest BCUT2D eigenvalue weighted by Gasteiger charge is -2.09. The largest absolute Gasteiger partial charge is 0.462 e. The number of rotatable bonds is 3. The van der Waals surface area contributed by atoms with Crippen LogP contribution in [-0.2, 0) is 9.53 Å². The molecule has 0 fully saturated rings. The highest BCUT2D eigenvalue weighted by Gasteiger charge is 2.15. The predicted octanol–water partition coefficient (Wildman–Crippen LogP) is 3.16. The zero-order valence-corrected chi connectivity index (χ0v) is 11.2. The molecule has 3 nitrogen and oxygen atoms in total. The molecule has 1 rings (SSSR count). The average Bonchev–Trinajstić information content (AvgIpc) is 2.29. The Balaban J connectivity index is 3.28. The predicted molar refractivity (Wildman–Crippen MR) is 70.8 cm³/mol. The second-order valence-corrected chi connectivity index (χ2v) is 4.15. The van der Waals surface area contributed by atoms with Crippen LogP contribution in [0, 0.1) is 25.2 Å². The summed E-state index contributed by atoms with van der Waals surface area (Å²) < 4.78 is 4.88. The quantitative estimate of drug-likeness (QED) is 0.465. The van der Waals surface area contributed by atoms with Crippen LogP contribution in [-0.4, -0.2) is 12.6 Å². The van der Waals surface area contributed by atoms with Crippen molar-refractivity contribution in [3.05, 3.63) is 40.5 Å². The molecule has 94 valence electrons. The maximum absolute atomic E-state index is 11.7. The average molecular weight is 243 g/mol. The van der Waals surface area contributed by atoms with Crippen LogP contribution in [0.3, 0.4) is 0 Å². The highest BCUT2D eigenvalue weighted by Crippen LogP contribution is 2.23. The molecule has 1 aromatic carbocycles. The minimum atomic E-state index is -0.558. The first-order chi connectivity index (χ1) is 8.51. The van der Waals surface area contributed by atoms with Crippen LogP contribution in [0.25, 0.3) is 5.57 Å². The number of ether oxygens (including phenoxy) is 1. The van der Waals surface area contributed by atoms with E-state index in [-0.39, 0.29) is 12.2 Å². The summed E-state index contributed by atoms with van der Waals surface area (Å²) in [6.07, 6.45) is 0. The van der Waals surface area contributed by atoms with Crippen LogP contribution >= 0.6 is 0 Å². The van der Waals surface area contributed by atoms with E-state index in [9.17, 15) is 4.79 Å². The van der Waals surface area contributed by atoms with E-state index in [0.29, 0.717) is 5.57 Å². The molecule has 0 saturated carbocycles. The van der Waals surface area contributed by atoms with Crippen molar-refractivity contribution in [3.63, 3.8) is 0 Å². The van der Waals surface area contributed by atoms with Crippen molar-refractivity contribution in [1.29, 1.82) is 5.26 Å². The number of hydrogen-bond acceptors (Lipinski definition) is 3. The third-order valence-electron chi connectivity index (χ3n) is 2.75. The van der Waals surface area contributed by atoms with Gasteiger partial charge in [-0.05, 0) is 44.4 Å². The first-order valence-electron chi connectivity index (χ1n) is 5.87. The Morgan fingerprint density at radius 3 is 2.56 bits per heavy atom. The fourth-order valence-electron chi connectivity index (χ4n) is 1.85. The van der Waals surface area contributed by atoms with Gasteiger partial charge in [0.25, 0.3) is 0 Å². The molecular formula is C15H17NO2. The van der Waals surface area contributed by atoms with Crippen molar-refractivity contribution in [2.45, 2.75) is 27.7 Å². The second-order valence-electron chi connectivity index (χ2n) is 4.15. The number of aryl methyl sites for hydroxylation is 2. The monoisotopic (exact) mass is 243 g/mol. The summed E-state index contributed by atoms with van der Waals surface area (Å²) in [6.45, 7) is 7.73. The summed E-state index contributed by atoms with van der Waals surface area (Å²) in [5.74, 6) is -0.558. The van der Waals surface area contributed by atoms with Gasteiger partial charge < -0.3 is 4.74 Å². The lowest BCUT2D eigenvalue weighted by Crippen LogP contribution is -2.08. The van der Waals surface area contributed by atoms with Gasteiger partial charge in [-0.1, -0.05) is 23.8 Å². The topological polar surface area (TPSA) is 50.1 Å². The number of hydrogen-bond donors (Lipinski definition) is 0. The van der Waals surface area contributed by atoms with Crippen molar-refractivity contribution >= 4 is 11.5 Å². The molecule has 0 aliphatic rings. The van der Waals surface area contributed by atoms with Crippen LogP contribution < -0.4 is 0 Å². The van der Waals surface area contributed by atoms with Crippen molar-refractivity contribution in [2.75, 3.05) is 6.61 Å². The third-order valence-corrected chi connectivity index (χ3v) is 2.75. The number of nitriles is 1. The van der Waals surface area contributed by atoms with Gasteiger partial charge in [0.15, 0.2) is 0 Å². The normalized spacial score (nSPS) is 11.5. The highest BCUT2D eigenvalue weighted by molar-refractivity contribution is 6.01. The van der Waals surface area contributed by atoms with Gasteiger partial charge in [-0.25, -0.2) is 4.79 Å². The Labute approximate surface area is 108 Å². The summed E-state index contributed by atoms with van der Waals surface area (Å²) in [6, 6.07) is 7.85. The van der Waals surface area contributed by atoms with E-state index in [1.54, 1.807) is 13.8 Å². The minimum Gasteiger partial charge on any atom is -0.462 e. The Hall–Kier alpha value is -2.08. The molecular weight excluding hydrogens is 226 g/mol. The zero-order valence-electron chi connectivity index (χ0n) is 11.2. The van der Waals surface area contributed by atoms with Gasteiger partial charge in [0, 0.05) is 0 Å². The maximum atomic E-state index is 11.7. The first kappa shape index (κ1) is 14.0. The van der Waals surface area contributed by atoms with Crippen LogP contribution in [0.1, 0.15) is 30.5 Å². The van der Waals surface area contributed by atoms with E-state index < -0.39 is 5.97 Å². The fourth-order valence-corrected chi connectivity index (χ4v) is 1.85. The van der Waals surface area contributed by atoms with Gasteiger partial charge in [0.2, 0.25) is 0 Å². The van der Waals surface area contributed by atoms with E-state index in [4.69, 9.17) is 10.00 Å². The van der Waals surface area contributed by atoms with E-state index >= 15 is 0 Å². The van der Waals surface area contributed by atoms with E-state index in [0.717, 1.165) is 16.7 Å². The van der Waals surface area contributed by atoms with Crippen molar-refractivity contribution in [2.24, 2.45) is 0 Å². The molecule has 0 aliphatic heterocycles. The number of esters is 1. The Bertz CT molecular complexity index is 536. The van der Waals surface area contributed by atoms with Crippen LogP contribution in [0.4, 0.5) is 0 Å². The third kappa shape index (κ3) is 2.98. The van der Waals surface area contributed by atoms with Gasteiger partial charge in [-0.2, -0.15) is 5.26 Å². The first-order valence-corrected chi connectivity index (χ1v) is 5.87. The van der Waals surface area contributed by atoms with E-state index in [1.807, 2.05) is 38.1 Å². The lowest BCUT2D eigenvalue weighted by atomic mass is 9.96. The molecule has 0 N–H and O–H groups in total. The molecule has 0 unspecified atom stereocenters. The highest BCUT2D eigenvalue weighted by atomic mass is 16.5. The molecule has 0 heterocycles. The summed E-state index contributed by atoms with van der Waals surface area (Å²) in [7, 11) is 0.